The van der Waals surface area contributed by atoms with E-state index in [4.69, 9.17) is 9.47 Å². The molecule has 0 aromatic heterocycles. The lowest BCUT2D eigenvalue weighted by atomic mass is 9.32. The molecule has 42 heavy (non-hydrogen) atoms. The summed E-state index contributed by atoms with van der Waals surface area (Å²) in [5.41, 5.74) is -1.08. The standard InChI is InChI=1S/C35H52O7/c1-9-20(2)27(37)42-26-25(36)29(3,4)18-22-21-10-11-24-32(8,31(21,7)14-16-34(22,26)28(38)39)13-12-23-30(5,6)35(40)17-15-33(23,24)19-41-35/h9-10,22-26,36,40H,11-19H2,1-8H3,(H,38,39)/b20-9+/t22-,23-,24-,25+,26+,31+,32+,33+,34-,35-/m0/s1. The van der Waals surface area contributed by atoms with E-state index in [1.165, 1.54) is 5.57 Å². The van der Waals surface area contributed by atoms with E-state index in [-0.39, 0.29) is 27.6 Å². The first-order valence-corrected chi connectivity index (χ1v) is 16.2. The summed E-state index contributed by atoms with van der Waals surface area (Å²) in [6.45, 7) is 17.1. The highest BCUT2D eigenvalue weighted by atomic mass is 16.6. The zero-order valence-electron chi connectivity index (χ0n) is 26.9. The summed E-state index contributed by atoms with van der Waals surface area (Å²) in [5, 5.41) is 34.1. The normalized spacial score (nSPS) is 50.4. The number of aliphatic carboxylic acids is 1. The van der Waals surface area contributed by atoms with Crippen LogP contribution in [0.1, 0.15) is 107 Å². The van der Waals surface area contributed by atoms with Gasteiger partial charge >= 0.3 is 11.9 Å². The average Bonchev–Trinajstić information content (AvgIpc) is 2.91. The minimum absolute atomic E-state index is 0.0164. The first-order valence-electron chi connectivity index (χ1n) is 16.2. The third-order valence-corrected chi connectivity index (χ3v) is 14.7. The number of ether oxygens (including phenoxy) is 2. The van der Waals surface area contributed by atoms with E-state index in [0.29, 0.717) is 49.7 Å². The molecule has 234 valence electrons. The second-order valence-electron chi connectivity index (χ2n) is 16.6. The molecule has 7 rings (SSSR count). The Bertz CT molecular complexity index is 1250. The molecule has 0 amide bonds. The number of allylic oxidation sites excluding steroid dienone is 3. The highest BCUT2D eigenvalue weighted by Crippen LogP contribution is 2.78. The molecule has 2 heterocycles. The molecule has 4 saturated carbocycles. The first-order chi connectivity index (χ1) is 19.4. The lowest BCUT2D eigenvalue weighted by Crippen LogP contribution is -2.73. The summed E-state index contributed by atoms with van der Waals surface area (Å²) in [4.78, 5) is 26.5. The number of carboxylic acid groups (broad SMARTS) is 1. The molecular formula is C35H52O7. The Labute approximate surface area is 251 Å². The van der Waals surface area contributed by atoms with Crippen molar-refractivity contribution >= 4 is 11.9 Å². The Morgan fingerprint density at radius 1 is 1.02 bits per heavy atom. The van der Waals surface area contributed by atoms with E-state index in [9.17, 15) is 24.9 Å². The largest absolute Gasteiger partial charge is 0.481 e. The topological polar surface area (TPSA) is 113 Å². The highest BCUT2D eigenvalue weighted by Gasteiger charge is 2.75. The SMILES string of the molecule is C/C=C(\C)C(=O)O[C@@H]1[C@@H](O)C(C)(C)C[C@H]2C3=CC[C@@H]4[C@]56CC[C@](O)(OC5)C(C)(C)[C@@H]6CC[C@@]4(C)[C@]3(C)CC[C@@]12C(=O)O. The van der Waals surface area contributed by atoms with Crippen molar-refractivity contribution in [3.05, 3.63) is 23.3 Å². The third-order valence-electron chi connectivity index (χ3n) is 14.7. The van der Waals surface area contributed by atoms with Gasteiger partial charge in [-0.05, 0) is 86.9 Å². The minimum atomic E-state index is -1.39. The van der Waals surface area contributed by atoms with Crippen molar-refractivity contribution in [2.24, 2.45) is 50.2 Å². The summed E-state index contributed by atoms with van der Waals surface area (Å²) in [6.07, 6.45) is 7.84. The summed E-state index contributed by atoms with van der Waals surface area (Å²) in [5.74, 6) is -2.22. The van der Waals surface area contributed by atoms with Gasteiger partial charge < -0.3 is 24.8 Å². The number of carbonyl (C=O) groups excluding carboxylic acids is 1. The summed E-state index contributed by atoms with van der Waals surface area (Å²) < 4.78 is 12.3. The summed E-state index contributed by atoms with van der Waals surface area (Å²) >= 11 is 0. The minimum Gasteiger partial charge on any atom is -0.481 e. The van der Waals surface area contributed by atoms with Gasteiger partial charge in [-0.3, -0.25) is 4.79 Å². The molecule has 1 spiro atoms. The second kappa shape index (κ2) is 8.94. The van der Waals surface area contributed by atoms with Gasteiger partial charge in [0.05, 0.1) is 12.7 Å². The Morgan fingerprint density at radius 2 is 1.71 bits per heavy atom. The van der Waals surface area contributed by atoms with Gasteiger partial charge in [-0.1, -0.05) is 59.3 Å². The van der Waals surface area contributed by atoms with Crippen molar-refractivity contribution in [3.63, 3.8) is 0 Å². The van der Waals surface area contributed by atoms with Crippen LogP contribution in [-0.4, -0.2) is 51.9 Å². The van der Waals surface area contributed by atoms with Gasteiger partial charge in [-0.2, -0.15) is 0 Å². The molecule has 6 fully saturated rings. The Balaban J connectivity index is 1.46. The van der Waals surface area contributed by atoms with E-state index >= 15 is 0 Å². The molecule has 10 atom stereocenters. The predicted octanol–water partition coefficient (Wildman–Crippen LogP) is 6.03. The van der Waals surface area contributed by atoms with Crippen LogP contribution < -0.4 is 0 Å². The molecule has 0 aromatic carbocycles. The lowest BCUT2D eigenvalue weighted by molar-refractivity contribution is -0.395. The Kier molecular flexibility index (Phi) is 6.46. The second-order valence-corrected chi connectivity index (χ2v) is 16.6. The smallest absolute Gasteiger partial charge is 0.333 e. The highest BCUT2D eigenvalue weighted by molar-refractivity contribution is 5.88. The van der Waals surface area contributed by atoms with Crippen molar-refractivity contribution in [2.45, 2.75) is 125 Å². The van der Waals surface area contributed by atoms with E-state index < -0.39 is 40.8 Å². The molecule has 7 nitrogen and oxygen atoms in total. The van der Waals surface area contributed by atoms with Crippen LogP contribution in [0, 0.1) is 50.2 Å². The molecule has 2 saturated heterocycles. The molecule has 2 bridgehead atoms. The third kappa shape index (κ3) is 3.39. The number of aliphatic hydroxyl groups excluding tert-OH is 1. The zero-order chi connectivity index (χ0) is 30.9. The van der Waals surface area contributed by atoms with Crippen molar-refractivity contribution in [2.75, 3.05) is 6.61 Å². The maximum atomic E-state index is 13.4. The molecule has 5 aliphatic carbocycles. The number of carboxylic acids is 1. The van der Waals surface area contributed by atoms with Crippen LogP contribution in [0.25, 0.3) is 0 Å². The van der Waals surface area contributed by atoms with Crippen LogP contribution in [0.3, 0.4) is 0 Å². The fraction of sp³-hybridized carbons (Fsp3) is 0.829. The molecule has 2 aliphatic heterocycles. The van der Waals surface area contributed by atoms with Crippen molar-refractivity contribution in [3.8, 4) is 0 Å². The maximum Gasteiger partial charge on any atom is 0.333 e. The van der Waals surface area contributed by atoms with Gasteiger partial charge in [0.2, 0.25) is 0 Å². The van der Waals surface area contributed by atoms with Gasteiger partial charge in [0, 0.05) is 28.7 Å². The number of fused-ring (bicyclic) bond motifs is 7. The molecule has 7 aliphatic rings. The fourth-order valence-electron chi connectivity index (χ4n) is 11.7. The Hall–Kier alpha value is -1.70. The first kappa shape index (κ1) is 30.3. The summed E-state index contributed by atoms with van der Waals surface area (Å²) in [6, 6.07) is 0. The van der Waals surface area contributed by atoms with Crippen molar-refractivity contribution < 1.29 is 34.4 Å². The fourth-order valence-corrected chi connectivity index (χ4v) is 11.7. The monoisotopic (exact) mass is 584 g/mol. The van der Waals surface area contributed by atoms with Gasteiger partial charge in [0.1, 0.15) is 11.5 Å². The van der Waals surface area contributed by atoms with Crippen LogP contribution in [0.5, 0.6) is 0 Å². The molecular weight excluding hydrogens is 532 g/mol. The van der Waals surface area contributed by atoms with Crippen LogP contribution in [0.15, 0.2) is 23.3 Å². The number of esters is 1. The number of carbonyl (C=O) groups is 2. The van der Waals surface area contributed by atoms with Gasteiger partial charge in [-0.25, -0.2) is 4.79 Å². The lowest BCUT2D eigenvalue weighted by Gasteiger charge is -2.74. The van der Waals surface area contributed by atoms with Crippen LogP contribution in [-0.2, 0) is 19.1 Å². The number of hydrogen-bond donors (Lipinski definition) is 3. The molecule has 0 aromatic rings. The molecule has 3 N–H and O–H groups in total. The number of rotatable bonds is 3. The number of hydrogen-bond acceptors (Lipinski definition) is 6. The van der Waals surface area contributed by atoms with Crippen LogP contribution >= 0.6 is 0 Å². The predicted molar refractivity (Wildman–Crippen MR) is 158 cm³/mol. The molecule has 7 heteroatoms. The van der Waals surface area contributed by atoms with E-state index in [1.54, 1.807) is 19.9 Å². The van der Waals surface area contributed by atoms with E-state index in [1.807, 2.05) is 13.8 Å². The maximum absolute atomic E-state index is 13.4. The average molecular weight is 585 g/mol. The van der Waals surface area contributed by atoms with E-state index in [0.717, 1.165) is 25.7 Å². The van der Waals surface area contributed by atoms with Crippen molar-refractivity contribution in [1.82, 2.24) is 0 Å². The van der Waals surface area contributed by atoms with Gasteiger partial charge in [0.25, 0.3) is 0 Å². The summed E-state index contributed by atoms with van der Waals surface area (Å²) in [7, 11) is 0. The van der Waals surface area contributed by atoms with E-state index in [2.05, 4.69) is 33.8 Å². The number of aliphatic hydroxyl groups is 2. The molecule has 0 unspecified atom stereocenters. The van der Waals surface area contributed by atoms with Gasteiger partial charge in [0.15, 0.2) is 5.79 Å². The Morgan fingerprint density at radius 3 is 2.31 bits per heavy atom. The van der Waals surface area contributed by atoms with Crippen LogP contribution in [0.4, 0.5) is 0 Å². The van der Waals surface area contributed by atoms with Crippen LogP contribution in [0.2, 0.25) is 0 Å². The van der Waals surface area contributed by atoms with Gasteiger partial charge in [-0.15, -0.1) is 0 Å². The quantitative estimate of drug-likeness (QED) is 0.211. The molecule has 0 radical (unpaired) electrons. The zero-order valence-corrected chi connectivity index (χ0v) is 26.9. The van der Waals surface area contributed by atoms with Crippen molar-refractivity contribution in [1.29, 1.82) is 0 Å².